The van der Waals surface area contributed by atoms with E-state index in [-0.39, 0.29) is 24.4 Å². The molecular weight excluding hydrogens is 385 g/mol. The summed E-state index contributed by atoms with van der Waals surface area (Å²) in [6.07, 6.45) is 7.58. The van der Waals surface area contributed by atoms with Gasteiger partial charge in [-0.25, -0.2) is 9.18 Å². The molecule has 2 atom stereocenters. The van der Waals surface area contributed by atoms with Crippen LogP contribution in [0.5, 0.6) is 0 Å². The Morgan fingerprint density at radius 3 is 2.63 bits per heavy atom. The summed E-state index contributed by atoms with van der Waals surface area (Å²) in [5.41, 5.74) is 3.62. The molecule has 2 aliphatic rings. The Kier molecular flexibility index (Phi) is 7.03. The Labute approximate surface area is 176 Å². The maximum Gasteiger partial charge on any atom is 0.322 e. The van der Waals surface area contributed by atoms with Gasteiger partial charge in [0.2, 0.25) is 6.29 Å². The lowest BCUT2D eigenvalue weighted by molar-refractivity contribution is -0.131. The highest BCUT2D eigenvalue weighted by Gasteiger charge is 2.26. The van der Waals surface area contributed by atoms with Crippen molar-refractivity contribution < 1.29 is 18.8 Å². The normalized spacial score (nSPS) is 17.4. The molecular formula is C23H28FN3O3. The predicted molar refractivity (Wildman–Crippen MR) is 112 cm³/mol. The van der Waals surface area contributed by atoms with Gasteiger partial charge >= 0.3 is 6.03 Å². The number of aldehydes is 1. The summed E-state index contributed by atoms with van der Waals surface area (Å²) in [6.45, 7) is 4.74. The lowest BCUT2D eigenvalue weighted by Crippen LogP contribution is -2.36. The van der Waals surface area contributed by atoms with E-state index >= 15 is 0 Å². The van der Waals surface area contributed by atoms with Crippen molar-refractivity contribution in [2.45, 2.75) is 58.7 Å². The maximum atomic E-state index is 13.9. The molecule has 0 aromatic heterocycles. The van der Waals surface area contributed by atoms with Crippen molar-refractivity contribution in [2.24, 2.45) is 5.92 Å². The van der Waals surface area contributed by atoms with Gasteiger partial charge in [0.15, 0.2) is 0 Å². The van der Waals surface area contributed by atoms with Gasteiger partial charge in [-0.15, -0.1) is 0 Å². The highest BCUT2D eigenvalue weighted by atomic mass is 19.1. The monoisotopic (exact) mass is 413 g/mol. The summed E-state index contributed by atoms with van der Waals surface area (Å²) in [5.74, 6) is -0.495. The fourth-order valence-electron chi connectivity index (χ4n) is 3.94. The van der Waals surface area contributed by atoms with E-state index in [4.69, 9.17) is 0 Å². The summed E-state index contributed by atoms with van der Waals surface area (Å²) in [5, 5.41) is 5.59. The first-order chi connectivity index (χ1) is 14.4. The number of amides is 3. The highest BCUT2D eigenvalue weighted by molar-refractivity contribution is 6.23. The molecule has 0 radical (unpaired) electrons. The third-order valence-corrected chi connectivity index (χ3v) is 5.82. The Bertz CT molecular complexity index is 894. The number of nitrogens with zero attached hydrogens (tertiary/aromatic N) is 1. The first-order valence-corrected chi connectivity index (χ1v) is 10.3. The van der Waals surface area contributed by atoms with E-state index in [0.717, 1.165) is 36.9 Å². The highest BCUT2D eigenvalue weighted by Crippen LogP contribution is 2.28. The lowest BCUT2D eigenvalue weighted by Gasteiger charge is -2.23. The number of carbonyl (C=O) groups is 3. The zero-order chi connectivity index (χ0) is 21.7. The molecule has 160 valence electrons. The molecule has 0 bridgehead atoms. The molecule has 1 heterocycles. The van der Waals surface area contributed by atoms with Gasteiger partial charge in [0, 0.05) is 23.8 Å². The van der Waals surface area contributed by atoms with Crippen LogP contribution in [0.25, 0.3) is 0 Å². The molecule has 7 heteroatoms. The number of fused-ring (bicyclic) bond motifs is 1. The van der Waals surface area contributed by atoms with E-state index < -0.39 is 5.91 Å². The van der Waals surface area contributed by atoms with Crippen molar-refractivity contribution in [1.29, 1.82) is 0 Å². The molecule has 1 aromatic carbocycles. The van der Waals surface area contributed by atoms with Gasteiger partial charge < -0.3 is 15.5 Å². The summed E-state index contributed by atoms with van der Waals surface area (Å²) < 4.78 is 13.9. The number of allylic oxidation sites excluding steroid dienone is 4. The number of halogens is 1. The third kappa shape index (κ3) is 5.34. The van der Waals surface area contributed by atoms with Crippen LogP contribution in [0, 0.1) is 11.7 Å². The van der Waals surface area contributed by atoms with Crippen LogP contribution in [0.1, 0.15) is 50.7 Å². The van der Waals surface area contributed by atoms with Crippen molar-refractivity contribution in [2.75, 3.05) is 0 Å². The van der Waals surface area contributed by atoms with E-state index in [0.29, 0.717) is 24.3 Å². The smallest absolute Gasteiger partial charge is 0.322 e. The Morgan fingerprint density at radius 1 is 1.17 bits per heavy atom. The second kappa shape index (κ2) is 9.69. The van der Waals surface area contributed by atoms with Crippen LogP contribution in [0.15, 0.2) is 41.6 Å². The number of rotatable bonds is 7. The standard InChI is InChI=1S/C23H28FN3O3/c1-15(6-7-16(2)25-22(29)14-28)17-8-10-19(11-9-17)26-23(30)27-12-18-4-3-5-21(24)20(18)13-27/h3-5,8,10,14-16H,6-7,9,11-13H2,1-2H3,(H,25,29)(H,26,30)/t15-,16+/m0/s1. The van der Waals surface area contributed by atoms with Crippen LogP contribution in [0.4, 0.5) is 9.18 Å². The number of hydrogen-bond donors (Lipinski definition) is 2. The van der Waals surface area contributed by atoms with Crippen molar-refractivity contribution in [3.8, 4) is 0 Å². The van der Waals surface area contributed by atoms with Crippen LogP contribution in [-0.4, -0.2) is 29.2 Å². The lowest BCUT2D eigenvalue weighted by atomic mass is 9.88. The minimum absolute atomic E-state index is 0.0471. The molecule has 0 fully saturated rings. The fraction of sp³-hybridized carbons (Fsp3) is 0.435. The molecule has 3 rings (SSSR count). The van der Waals surface area contributed by atoms with Crippen molar-refractivity contribution in [1.82, 2.24) is 15.5 Å². The zero-order valence-corrected chi connectivity index (χ0v) is 17.4. The average Bonchev–Trinajstić information content (AvgIpc) is 3.18. The van der Waals surface area contributed by atoms with Gasteiger partial charge in [-0.3, -0.25) is 9.59 Å². The molecule has 0 saturated carbocycles. The van der Waals surface area contributed by atoms with E-state index in [1.54, 1.807) is 11.0 Å². The minimum Gasteiger partial charge on any atom is -0.347 e. The van der Waals surface area contributed by atoms with E-state index in [9.17, 15) is 18.8 Å². The molecule has 1 aliphatic carbocycles. The molecule has 1 aromatic rings. The van der Waals surface area contributed by atoms with Crippen LogP contribution >= 0.6 is 0 Å². The van der Waals surface area contributed by atoms with Crippen LogP contribution < -0.4 is 10.6 Å². The SMILES string of the molecule is C[C@H](CC[C@H](C)C1=CC=C(NC(=O)N2Cc3cccc(F)c3C2)CC1)NC(=O)C=O. The van der Waals surface area contributed by atoms with E-state index in [1.165, 1.54) is 11.6 Å². The first-order valence-electron chi connectivity index (χ1n) is 10.3. The Balaban J connectivity index is 1.49. The van der Waals surface area contributed by atoms with Gasteiger partial charge in [-0.2, -0.15) is 0 Å². The molecule has 0 spiro atoms. The summed E-state index contributed by atoms with van der Waals surface area (Å²) in [4.78, 5) is 35.7. The zero-order valence-electron chi connectivity index (χ0n) is 17.4. The molecule has 1 aliphatic heterocycles. The summed E-state index contributed by atoms with van der Waals surface area (Å²) in [7, 11) is 0. The quantitative estimate of drug-likeness (QED) is 0.530. The van der Waals surface area contributed by atoms with Crippen molar-refractivity contribution in [3.63, 3.8) is 0 Å². The fourth-order valence-corrected chi connectivity index (χ4v) is 3.94. The predicted octanol–water partition coefficient (Wildman–Crippen LogP) is 3.57. The molecule has 6 nitrogen and oxygen atoms in total. The van der Waals surface area contributed by atoms with E-state index in [2.05, 4.69) is 23.6 Å². The topological polar surface area (TPSA) is 78.5 Å². The number of urea groups is 1. The Morgan fingerprint density at radius 2 is 1.97 bits per heavy atom. The minimum atomic E-state index is -0.584. The average molecular weight is 413 g/mol. The van der Waals surface area contributed by atoms with Gasteiger partial charge in [0.25, 0.3) is 5.91 Å². The maximum absolute atomic E-state index is 13.9. The molecule has 0 unspecified atom stereocenters. The molecule has 2 N–H and O–H groups in total. The van der Waals surface area contributed by atoms with Gasteiger partial charge in [-0.1, -0.05) is 30.7 Å². The van der Waals surface area contributed by atoms with Crippen LogP contribution in [0.2, 0.25) is 0 Å². The van der Waals surface area contributed by atoms with E-state index in [1.807, 2.05) is 19.1 Å². The molecule has 3 amide bonds. The largest absolute Gasteiger partial charge is 0.347 e. The van der Waals surface area contributed by atoms with Gasteiger partial charge in [0.05, 0.1) is 6.54 Å². The molecule has 30 heavy (non-hydrogen) atoms. The Hall–Kier alpha value is -2.96. The number of carbonyl (C=O) groups excluding carboxylic acids is 3. The molecule has 0 saturated heterocycles. The van der Waals surface area contributed by atoms with Crippen molar-refractivity contribution in [3.05, 3.63) is 58.6 Å². The summed E-state index contributed by atoms with van der Waals surface area (Å²) in [6, 6.07) is 4.70. The van der Waals surface area contributed by atoms with Gasteiger partial charge in [0.1, 0.15) is 5.82 Å². The second-order valence-electron chi connectivity index (χ2n) is 8.10. The number of hydrogen-bond acceptors (Lipinski definition) is 3. The third-order valence-electron chi connectivity index (χ3n) is 5.82. The van der Waals surface area contributed by atoms with Crippen molar-refractivity contribution >= 4 is 18.2 Å². The van der Waals surface area contributed by atoms with Crippen LogP contribution in [0.3, 0.4) is 0 Å². The summed E-state index contributed by atoms with van der Waals surface area (Å²) >= 11 is 0. The number of benzene rings is 1. The second-order valence-corrected chi connectivity index (χ2v) is 8.10. The first kappa shape index (κ1) is 21.7. The number of nitrogens with one attached hydrogen (secondary N) is 2. The van der Waals surface area contributed by atoms with Crippen LogP contribution in [-0.2, 0) is 22.7 Å². The van der Waals surface area contributed by atoms with Gasteiger partial charge in [-0.05, 0) is 56.2 Å².